The average Bonchev–Trinajstić information content (AvgIpc) is 2.62. The van der Waals surface area contributed by atoms with Crippen LogP contribution in [0.15, 0.2) is 82.0 Å². The Morgan fingerprint density at radius 2 is 1.26 bits per heavy atom. The summed E-state index contributed by atoms with van der Waals surface area (Å²) in [7, 11) is -2.52. The second-order valence-corrected chi connectivity index (χ2v) is 13.5. The van der Waals surface area contributed by atoms with Crippen LogP contribution in [-0.2, 0) is 11.0 Å². The van der Waals surface area contributed by atoms with Gasteiger partial charge in [0.25, 0.3) is 8.32 Å². The molecule has 0 aliphatic rings. The van der Waals surface area contributed by atoms with Crippen molar-refractivity contribution in [1.29, 1.82) is 0 Å². The molecule has 0 bridgehead atoms. The van der Waals surface area contributed by atoms with Gasteiger partial charge in [0.2, 0.25) is 0 Å². The molecule has 0 spiro atoms. The van der Waals surface area contributed by atoms with Crippen LogP contribution < -0.4 is 10.4 Å². The second kappa shape index (κ2) is 8.39. The summed E-state index contributed by atoms with van der Waals surface area (Å²) in [5.41, 5.74) is 1.09. The van der Waals surface area contributed by atoms with Gasteiger partial charge in [0.15, 0.2) is 0 Å². The largest absolute Gasteiger partial charge is 0.403 e. The summed E-state index contributed by atoms with van der Waals surface area (Å²) in [6, 6.07) is 25.4. The number of hydrogen-bond donors (Lipinski definition) is 0. The third-order valence-corrected chi connectivity index (χ3v) is 10.5. The smallest absolute Gasteiger partial charge is 0.261 e. The highest BCUT2D eigenvalue weighted by Gasteiger charge is 2.50. The van der Waals surface area contributed by atoms with E-state index in [4.69, 9.17) is 4.43 Å². The van der Waals surface area contributed by atoms with Crippen LogP contribution in [0.25, 0.3) is 0 Å². The normalized spacial score (nSPS) is 12.2. The zero-order valence-corrected chi connectivity index (χ0v) is 19.9. The van der Waals surface area contributed by atoms with E-state index >= 15 is 0 Å². The molecule has 1 aromatic heterocycles. The van der Waals surface area contributed by atoms with Crippen molar-refractivity contribution >= 4 is 50.6 Å². The van der Waals surface area contributed by atoms with E-state index in [-0.39, 0.29) is 5.04 Å². The topological polar surface area (TPSA) is 22.1 Å². The van der Waals surface area contributed by atoms with Gasteiger partial charge >= 0.3 is 0 Å². The molecular weight excluding hydrogens is 482 g/mol. The van der Waals surface area contributed by atoms with E-state index in [1.807, 2.05) is 12.1 Å². The molecule has 0 radical (unpaired) electrons. The number of pyridine rings is 1. The molecule has 5 heteroatoms. The lowest BCUT2D eigenvalue weighted by Gasteiger charge is -2.43. The molecule has 2 nitrogen and oxygen atoms in total. The monoisotopic (exact) mass is 503 g/mol. The molecule has 0 aliphatic heterocycles. The van der Waals surface area contributed by atoms with Crippen LogP contribution in [0.5, 0.6) is 0 Å². The molecule has 3 rings (SSSR count). The lowest BCUT2D eigenvalue weighted by molar-refractivity contribution is 0.286. The fourth-order valence-corrected chi connectivity index (χ4v) is 9.30. The van der Waals surface area contributed by atoms with Gasteiger partial charge < -0.3 is 4.43 Å². The molecular formula is C22H23Br2NOSi. The number of aromatic nitrogens is 1. The number of benzene rings is 2. The highest BCUT2D eigenvalue weighted by molar-refractivity contribution is 9.11. The van der Waals surface area contributed by atoms with Gasteiger partial charge in [-0.1, -0.05) is 81.4 Å². The first-order valence-corrected chi connectivity index (χ1v) is 12.4. The van der Waals surface area contributed by atoms with Gasteiger partial charge in [0.1, 0.15) is 9.21 Å². The molecule has 0 saturated carbocycles. The summed E-state index contributed by atoms with van der Waals surface area (Å²) >= 11 is 6.95. The predicted molar refractivity (Wildman–Crippen MR) is 122 cm³/mol. The van der Waals surface area contributed by atoms with Gasteiger partial charge in [0, 0.05) is 0 Å². The quantitative estimate of drug-likeness (QED) is 0.329. The lowest BCUT2D eigenvalue weighted by atomic mass is 10.2. The molecule has 0 aliphatic carbocycles. The van der Waals surface area contributed by atoms with Crippen molar-refractivity contribution in [2.75, 3.05) is 0 Å². The van der Waals surface area contributed by atoms with E-state index in [9.17, 15) is 0 Å². The minimum absolute atomic E-state index is 0.0306. The summed E-state index contributed by atoms with van der Waals surface area (Å²) in [5.74, 6) is 0. The Morgan fingerprint density at radius 3 is 1.67 bits per heavy atom. The van der Waals surface area contributed by atoms with Crippen LogP contribution in [0, 0.1) is 0 Å². The highest BCUT2D eigenvalue weighted by Crippen LogP contribution is 2.37. The molecule has 0 saturated heterocycles. The highest BCUT2D eigenvalue weighted by atomic mass is 79.9. The van der Waals surface area contributed by atoms with Crippen molar-refractivity contribution in [3.63, 3.8) is 0 Å². The van der Waals surface area contributed by atoms with E-state index in [1.165, 1.54) is 10.4 Å². The van der Waals surface area contributed by atoms with Crippen molar-refractivity contribution in [2.24, 2.45) is 0 Å². The first-order chi connectivity index (χ1) is 12.8. The molecule has 1 heterocycles. The SMILES string of the molecule is CC(C)(C)[Si](OCc1cc(Br)nc(Br)c1)(c1ccccc1)c1ccccc1. The summed E-state index contributed by atoms with van der Waals surface area (Å²) < 4.78 is 8.54. The first-order valence-electron chi connectivity index (χ1n) is 8.90. The van der Waals surface area contributed by atoms with Crippen LogP contribution in [0.3, 0.4) is 0 Å². The minimum Gasteiger partial charge on any atom is -0.403 e. The van der Waals surface area contributed by atoms with Gasteiger partial charge in [-0.3, -0.25) is 0 Å². The van der Waals surface area contributed by atoms with Crippen LogP contribution >= 0.6 is 31.9 Å². The van der Waals surface area contributed by atoms with Crippen LogP contribution in [0.4, 0.5) is 0 Å². The molecule has 0 fully saturated rings. The Balaban J connectivity index is 2.11. The lowest BCUT2D eigenvalue weighted by Crippen LogP contribution is -2.66. The van der Waals surface area contributed by atoms with Gasteiger partial charge in [-0.2, -0.15) is 0 Å². The zero-order chi connectivity index (χ0) is 19.5. The Hall–Kier alpha value is -1.27. The van der Waals surface area contributed by atoms with Gasteiger partial charge in [-0.25, -0.2) is 4.98 Å². The van der Waals surface area contributed by atoms with Crippen molar-refractivity contribution in [1.82, 2.24) is 4.98 Å². The van der Waals surface area contributed by atoms with E-state index in [2.05, 4.69) is 118 Å². The number of hydrogen-bond acceptors (Lipinski definition) is 2. The maximum Gasteiger partial charge on any atom is 0.261 e. The van der Waals surface area contributed by atoms with Gasteiger partial charge in [0.05, 0.1) is 6.61 Å². The predicted octanol–water partition coefficient (Wildman–Crippen LogP) is 5.68. The summed E-state index contributed by atoms with van der Waals surface area (Å²) in [6.07, 6.45) is 0. The van der Waals surface area contributed by atoms with E-state index < -0.39 is 8.32 Å². The maximum absolute atomic E-state index is 6.93. The van der Waals surface area contributed by atoms with Crippen molar-refractivity contribution in [2.45, 2.75) is 32.4 Å². The molecule has 0 N–H and O–H groups in total. The zero-order valence-electron chi connectivity index (χ0n) is 15.7. The minimum atomic E-state index is -2.52. The number of halogens is 2. The van der Waals surface area contributed by atoms with Gasteiger partial charge in [-0.15, -0.1) is 0 Å². The number of nitrogens with zero attached hydrogens (tertiary/aromatic N) is 1. The van der Waals surface area contributed by atoms with Crippen LogP contribution in [0.1, 0.15) is 26.3 Å². The van der Waals surface area contributed by atoms with Crippen LogP contribution in [0.2, 0.25) is 5.04 Å². The fourth-order valence-electron chi connectivity index (χ4n) is 3.55. The summed E-state index contributed by atoms with van der Waals surface area (Å²) in [5, 5.41) is 2.55. The van der Waals surface area contributed by atoms with Crippen LogP contribution in [-0.4, -0.2) is 13.3 Å². The van der Waals surface area contributed by atoms with Crippen molar-refractivity contribution < 1.29 is 4.43 Å². The second-order valence-electron chi connectivity index (χ2n) is 7.57. The molecule has 0 amide bonds. The van der Waals surface area contributed by atoms with Crippen molar-refractivity contribution in [3.8, 4) is 0 Å². The van der Waals surface area contributed by atoms with Crippen molar-refractivity contribution in [3.05, 3.63) is 87.6 Å². The average molecular weight is 505 g/mol. The molecule has 3 aromatic rings. The molecule has 27 heavy (non-hydrogen) atoms. The number of rotatable bonds is 5. The molecule has 140 valence electrons. The third kappa shape index (κ3) is 4.42. The first kappa shape index (κ1) is 20.5. The molecule has 0 unspecified atom stereocenters. The van der Waals surface area contributed by atoms with E-state index in [1.54, 1.807) is 0 Å². The Labute approximate surface area is 179 Å². The standard InChI is InChI=1S/C22H23Br2NOSi/c1-22(2,3)27(18-10-6-4-7-11-18,19-12-8-5-9-13-19)26-16-17-14-20(23)25-21(24)15-17/h4-15H,16H2,1-3H3. The summed E-state index contributed by atoms with van der Waals surface area (Å²) in [4.78, 5) is 4.33. The van der Waals surface area contributed by atoms with Gasteiger partial charge in [-0.05, 0) is 65.0 Å². The Morgan fingerprint density at radius 1 is 0.815 bits per heavy atom. The Kier molecular flexibility index (Phi) is 6.36. The Bertz CT molecular complexity index is 835. The fraction of sp³-hybridized carbons (Fsp3) is 0.227. The molecule has 2 aromatic carbocycles. The molecule has 0 atom stereocenters. The van der Waals surface area contributed by atoms with E-state index in [0.717, 1.165) is 14.8 Å². The summed E-state index contributed by atoms with van der Waals surface area (Å²) in [6.45, 7) is 7.40. The van der Waals surface area contributed by atoms with E-state index in [0.29, 0.717) is 6.61 Å². The third-order valence-electron chi connectivity index (χ3n) is 4.69. The maximum atomic E-state index is 6.93.